The van der Waals surface area contributed by atoms with Crippen LogP contribution < -0.4 is 10.2 Å². The highest BCUT2D eigenvalue weighted by Crippen LogP contribution is 2.52. The lowest BCUT2D eigenvalue weighted by atomic mass is 9.73. The van der Waals surface area contributed by atoms with Crippen LogP contribution in [0.2, 0.25) is 18.1 Å². The number of nitrogens with zero attached hydrogens (tertiary/aromatic N) is 1. The Hall–Kier alpha value is -1.00. The van der Waals surface area contributed by atoms with Crippen LogP contribution in [0, 0.1) is 5.41 Å². The number of ketones is 1. The molecule has 2 N–H and O–H groups in total. The van der Waals surface area contributed by atoms with Gasteiger partial charge in [-0.1, -0.05) is 20.8 Å². The fourth-order valence-electron chi connectivity index (χ4n) is 3.56. The number of Topliss-reactive ketones (excluding diaryl/α,β-unsaturated/α-hetero) is 1. The van der Waals surface area contributed by atoms with Crippen molar-refractivity contribution in [1.29, 1.82) is 0 Å². The number of ether oxygens (including phenoxy) is 1. The highest BCUT2D eigenvalue weighted by Gasteiger charge is 2.53. The van der Waals surface area contributed by atoms with Crippen molar-refractivity contribution < 1.29 is 24.2 Å². The Bertz CT molecular complexity index is 873. The summed E-state index contributed by atoms with van der Waals surface area (Å²) in [5.74, 6) is 0.000888. The molecule has 1 aromatic heterocycles. The molecule has 0 spiro atoms. The molecule has 1 aromatic rings. The Morgan fingerprint density at radius 1 is 1.30 bits per heavy atom. The molecule has 0 fully saturated rings. The summed E-state index contributed by atoms with van der Waals surface area (Å²) in [6.07, 6.45) is -0.171. The zero-order valence-electron chi connectivity index (χ0n) is 19.1. The van der Waals surface area contributed by atoms with E-state index >= 15 is 0 Å². The third kappa shape index (κ3) is 4.32. The average molecular weight is 504 g/mol. The van der Waals surface area contributed by atoms with Crippen LogP contribution in [0.3, 0.4) is 0 Å². The largest absolute Gasteiger partial charge is 0.491 e. The standard InChI is InChI=1S/C21H34BrNO6Si/c1-20(2,3)30(7,8)29-19-15-17(28-6)16(26)13(22)10-23(15)14(9-12(25)11-24)18(27)21(19,4)5/h10,12,14,19,24-25H,9,11H2,1-8H3. The van der Waals surface area contributed by atoms with E-state index in [0.717, 1.165) is 0 Å². The van der Waals surface area contributed by atoms with Gasteiger partial charge in [-0.3, -0.25) is 9.59 Å². The number of aliphatic hydroxyl groups excluding tert-OH is 2. The monoisotopic (exact) mass is 503 g/mol. The lowest BCUT2D eigenvalue weighted by Crippen LogP contribution is -2.52. The number of halogens is 1. The fourth-order valence-corrected chi connectivity index (χ4v) is 5.31. The van der Waals surface area contributed by atoms with Gasteiger partial charge in [0.1, 0.15) is 6.10 Å². The van der Waals surface area contributed by atoms with Crippen molar-refractivity contribution in [3.63, 3.8) is 0 Å². The normalized spacial score (nSPS) is 22.6. The first-order valence-electron chi connectivity index (χ1n) is 10.1. The van der Waals surface area contributed by atoms with Gasteiger partial charge >= 0.3 is 0 Å². The molecular weight excluding hydrogens is 470 g/mol. The number of fused-ring (bicyclic) bond motifs is 1. The van der Waals surface area contributed by atoms with Gasteiger partial charge in [-0.2, -0.15) is 0 Å². The van der Waals surface area contributed by atoms with E-state index in [4.69, 9.17) is 9.16 Å². The highest BCUT2D eigenvalue weighted by molar-refractivity contribution is 9.10. The van der Waals surface area contributed by atoms with Crippen molar-refractivity contribution in [2.45, 2.75) is 77.4 Å². The SMILES string of the molecule is COc1c2n(cc(Br)c1=O)C(CC(O)CO)C(=O)C(C)(C)C2O[Si](C)(C)C(C)(C)C. The predicted molar refractivity (Wildman–Crippen MR) is 122 cm³/mol. The summed E-state index contributed by atoms with van der Waals surface area (Å²) >= 11 is 3.27. The van der Waals surface area contributed by atoms with E-state index in [2.05, 4.69) is 49.8 Å². The molecule has 0 saturated heterocycles. The van der Waals surface area contributed by atoms with Crippen molar-refractivity contribution in [1.82, 2.24) is 4.57 Å². The molecule has 30 heavy (non-hydrogen) atoms. The summed E-state index contributed by atoms with van der Waals surface area (Å²) in [5.41, 5.74) is -0.794. The maximum Gasteiger partial charge on any atom is 0.237 e. The van der Waals surface area contributed by atoms with Crippen LogP contribution in [0.15, 0.2) is 15.5 Å². The third-order valence-electron chi connectivity index (χ3n) is 6.49. The van der Waals surface area contributed by atoms with Crippen molar-refractivity contribution in [2.24, 2.45) is 5.41 Å². The number of aliphatic hydroxyl groups is 2. The first kappa shape index (κ1) is 25.3. The Balaban J connectivity index is 2.82. The molecule has 0 saturated carbocycles. The molecular formula is C21H34BrNO6Si. The molecule has 7 nitrogen and oxygen atoms in total. The summed E-state index contributed by atoms with van der Waals surface area (Å²) in [6.45, 7) is 13.7. The zero-order chi connectivity index (χ0) is 23.2. The first-order chi connectivity index (χ1) is 13.6. The number of pyridine rings is 1. The number of hydrogen-bond acceptors (Lipinski definition) is 6. The van der Waals surface area contributed by atoms with Crippen LogP contribution in [0.5, 0.6) is 5.75 Å². The van der Waals surface area contributed by atoms with Crippen molar-refractivity contribution in [2.75, 3.05) is 13.7 Å². The quantitative estimate of drug-likeness (QED) is 0.575. The van der Waals surface area contributed by atoms with Gasteiger partial charge in [-0.25, -0.2) is 0 Å². The molecule has 2 rings (SSSR count). The van der Waals surface area contributed by atoms with Gasteiger partial charge < -0.3 is 23.9 Å². The van der Waals surface area contributed by atoms with Crippen LogP contribution in [0.4, 0.5) is 0 Å². The van der Waals surface area contributed by atoms with E-state index in [1.807, 2.05) is 0 Å². The summed E-state index contributed by atoms with van der Waals surface area (Å²) in [6, 6.07) is -0.762. The smallest absolute Gasteiger partial charge is 0.237 e. The van der Waals surface area contributed by atoms with Gasteiger partial charge in [0.05, 0.1) is 41.4 Å². The van der Waals surface area contributed by atoms with Crippen molar-refractivity contribution in [3.8, 4) is 5.75 Å². The Morgan fingerprint density at radius 2 is 1.87 bits per heavy atom. The van der Waals surface area contributed by atoms with E-state index in [0.29, 0.717) is 5.69 Å². The summed E-state index contributed by atoms with van der Waals surface area (Å²) < 4.78 is 14.2. The molecule has 9 heteroatoms. The Labute approximate surface area is 187 Å². The van der Waals surface area contributed by atoms with Gasteiger partial charge in [-0.05, 0) is 47.9 Å². The summed E-state index contributed by atoms with van der Waals surface area (Å²) in [7, 11) is -0.906. The molecule has 3 atom stereocenters. The molecule has 0 aromatic carbocycles. The lowest BCUT2D eigenvalue weighted by molar-refractivity contribution is -0.141. The molecule has 0 amide bonds. The summed E-state index contributed by atoms with van der Waals surface area (Å²) in [5, 5.41) is 19.3. The molecule has 0 radical (unpaired) electrons. The molecule has 0 bridgehead atoms. The molecule has 3 unspecified atom stereocenters. The van der Waals surface area contributed by atoms with Gasteiger partial charge in [0, 0.05) is 12.6 Å². The van der Waals surface area contributed by atoms with E-state index < -0.39 is 38.6 Å². The minimum absolute atomic E-state index is 0.0248. The van der Waals surface area contributed by atoms with E-state index in [1.54, 1.807) is 24.6 Å². The molecule has 170 valence electrons. The third-order valence-corrected chi connectivity index (χ3v) is 11.5. The van der Waals surface area contributed by atoms with Gasteiger partial charge in [-0.15, -0.1) is 0 Å². The predicted octanol–water partition coefficient (Wildman–Crippen LogP) is 3.58. The number of carbonyl (C=O) groups excluding carboxylic acids is 1. The van der Waals surface area contributed by atoms with Gasteiger partial charge in [0.25, 0.3) is 0 Å². The number of hydrogen-bond donors (Lipinski definition) is 2. The molecule has 1 aliphatic heterocycles. The minimum atomic E-state index is -2.33. The van der Waals surface area contributed by atoms with Gasteiger partial charge in [0.15, 0.2) is 19.9 Å². The van der Waals surface area contributed by atoms with E-state index in [-0.39, 0.29) is 32.9 Å². The maximum absolute atomic E-state index is 13.6. The van der Waals surface area contributed by atoms with Crippen LogP contribution in [-0.2, 0) is 9.22 Å². The molecule has 2 heterocycles. The fraction of sp³-hybridized carbons (Fsp3) is 0.714. The van der Waals surface area contributed by atoms with Gasteiger partial charge in [0.2, 0.25) is 5.43 Å². The second-order valence-corrected chi connectivity index (χ2v) is 15.7. The number of methoxy groups -OCH3 is 1. The van der Waals surface area contributed by atoms with E-state index in [1.165, 1.54) is 7.11 Å². The Morgan fingerprint density at radius 3 is 2.33 bits per heavy atom. The topological polar surface area (TPSA) is 98.0 Å². The molecule has 1 aliphatic rings. The van der Waals surface area contributed by atoms with E-state index in [9.17, 15) is 19.8 Å². The first-order valence-corrected chi connectivity index (χ1v) is 13.8. The maximum atomic E-state index is 13.6. The second kappa shape index (κ2) is 8.50. The number of aromatic nitrogens is 1. The Kier molecular flexibility index (Phi) is 7.16. The zero-order valence-corrected chi connectivity index (χ0v) is 21.7. The van der Waals surface area contributed by atoms with Crippen molar-refractivity contribution >= 4 is 30.0 Å². The summed E-state index contributed by atoms with van der Waals surface area (Å²) in [4.78, 5) is 26.4. The van der Waals surface area contributed by atoms with Crippen LogP contribution in [0.25, 0.3) is 0 Å². The van der Waals surface area contributed by atoms with Crippen LogP contribution in [0.1, 0.15) is 58.9 Å². The second-order valence-electron chi connectivity index (χ2n) is 10.1. The average Bonchev–Trinajstić information content (AvgIpc) is 2.63. The van der Waals surface area contributed by atoms with Crippen LogP contribution in [-0.4, -0.2) is 48.7 Å². The molecule has 0 aliphatic carbocycles. The highest BCUT2D eigenvalue weighted by atomic mass is 79.9. The van der Waals surface area contributed by atoms with Crippen molar-refractivity contribution in [3.05, 3.63) is 26.6 Å². The lowest BCUT2D eigenvalue weighted by Gasteiger charge is -2.48. The van der Waals surface area contributed by atoms with Crippen LogP contribution >= 0.6 is 15.9 Å². The number of rotatable bonds is 6. The number of carbonyl (C=O) groups is 1. The minimum Gasteiger partial charge on any atom is -0.491 e.